The molecule has 3 aromatic rings. The van der Waals surface area contributed by atoms with Crippen LogP contribution in [0.3, 0.4) is 0 Å². The molecule has 0 amide bonds. The van der Waals surface area contributed by atoms with E-state index in [9.17, 15) is 5.11 Å². The summed E-state index contributed by atoms with van der Waals surface area (Å²) < 4.78 is 7.56. The van der Waals surface area contributed by atoms with E-state index in [2.05, 4.69) is 15.5 Å². The number of hydrogen-bond donors (Lipinski definition) is 2. The molecule has 0 saturated heterocycles. The van der Waals surface area contributed by atoms with Crippen LogP contribution in [0, 0.1) is 6.92 Å². The zero-order valence-corrected chi connectivity index (χ0v) is 13.7. The van der Waals surface area contributed by atoms with E-state index in [0.29, 0.717) is 6.54 Å². The number of aliphatic hydroxyl groups is 1. The molecule has 0 saturated carbocycles. The van der Waals surface area contributed by atoms with Gasteiger partial charge in [0.1, 0.15) is 24.3 Å². The summed E-state index contributed by atoms with van der Waals surface area (Å²) in [6.45, 7) is 3.48. The van der Waals surface area contributed by atoms with Crippen molar-refractivity contribution in [1.29, 1.82) is 0 Å². The number of nitrogens with zero attached hydrogens (tertiary/aromatic N) is 3. The van der Waals surface area contributed by atoms with Gasteiger partial charge >= 0.3 is 0 Å². The van der Waals surface area contributed by atoms with Gasteiger partial charge in [0.2, 0.25) is 0 Å². The van der Waals surface area contributed by atoms with Crippen molar-refractivity contribution in [3.63, 3.8) is 0 Å². The molecule has 2 heterocycles. The lowest BCUT2D eigenvalue weighted by molar-refractivity contribution is 0.106. The Morgan fingerprint density at radius 1 is 1.21 bits per heavy atom. The second kappa shape index (κ2) is 7.90. The summed E-state index contributed by atoms with van der Waals surface area (Å²) in [4.78, 5) is 0. The molecule has 2 aromatic heterocycles. The number of hydrogen-bond acceptors (Lipinski definition) is 5. The average Bonchev–Trinajstić information content (AvgIpc) is 3.00. The molecule has 0 fully saturated rings. The smallest absolute Gasteiger partial charge is 0.160 e. The Bertz CT molecular complexity index is 787. The number of ether oxygens (including phenoxy) is 1. The predicted octanol–water partition coefficient (Wildman–Crippen LogP) is 1.61. The van der Waals surface area contributed by atoms with Crippen LogP contribution in [0.25, 0.3) is 5.65 Å². The Labute approximate surface area is 141 Å². The Morgan fingerprint density at radius 2 is 2.12 bits per heavy atom. The lowest BCUT2D eigenvalue weighted by Crippen LogP contribution is -2.32. The molecule has 3 rings (SSSR count). The molecule has 6 heteroatoms. The van der Waals surface area contributed by atoms with Crippen LogP contribution in [0.2, 0.25) is 0 Å². The van der Waals surface area contributed by atoms with E-state index in [4.69, 9.17) is 4.74 Å². The van der Waals surface area contributed by atoms with E-state index in [-0.39, 0.29) is 6.61 Å². The Kier molecular flexibility index (Phi) is 5.40. The van der Waals surface area contributed by atoms with E-state index < -0.39 is 6.10 Å². The number of pyridine rings is 1. The van der Waals surface area contributed by atoms with E-state index >= 15 is 0 Å². The summed E-state index contributed by atoms with van der Waals surface area (Å²) in [7, 11) is 0. The first-order valence-electron chi connectivity index (χ1n) is 8.09. The zero-order valence-electron chi connectivity index (χ0n) is 13.7. The summed E-state index contributed by atoms with van der Waals surface area (Å²) >= 11 is 0. The SMILES string of the molecule is Cc1cccc(OC[C@@H](O)CNCCc2nnc3ccccn23)c1. The van der Waals surface area contributed by atoms with Crippen LogP contribution in [0.15, 0.2) is 48.7 Å². The maximum atomic E-state index is 9.99. The van der Waals surface area contributed by atoms with E-state index in [0.717, 1.165) is 35.8 Å². The molecule has 0 aliphatic rings. The van der Waals surface area contributed by atoms with Gasteiger partial charge in [-0.3, -0.25) is 4.40 Å². The highest BCUT2D eigenvalue weighted by atomic mass is 16.5. The summed E-state index contributed by atoms with van der Waals surface area (Å²) in [6.07, 6.45) is 2.15. The quantitative estimate of drug-likeness (QED) is 0.615. The summed E-state index contributed by atoms with van der Waals surface area (Å²) in [5.41, 5.74) is 1.99. The highest BCUT2D eigenvalue weighted by Crippen LogP contribution is 2.12. The number of aryl methyl sites for hydroxylation is 1. The fourth-order valence-corrected chi connectivity index (χ4v) is 2.49. The highest BCUT2D eigenvalue weighted by molar-refractivity contribution is 5.37. The van der Waals surface area contributed by atoms with Gasteiger partial charge < -0.3 is 15.2 Å². The molecule has 1 aromatic carbocycles. The van der Waals surface area contributed by atoms with Gasteiger partial charge in [-0.1, -0.05) is 18.2 Å². The maximum Gasteiger partial charge on any atom is 0.160 e. The van der Waals surface area contributed by atoms with Gasteiger partial charge in [0, 0.05) is 25.7 Å². The van der Waals surface area contributed by atoms with Gasteiger partial charge in [0.25, 0.3) is 0 Å². The summed E-state index contributed by atoms with van der Waals surface area (Å²) in [6, 6.07) is 13.6. The first-order chi connectivity index (χ1) is 11.7. The van der Waals surface area contributed by atoms with Crippen molar-refractivity contribution < 1.29 is 9.84 Å². The Hall–Kier alpha value is -2.44. The van der Waals surface area contributed by atoms with Crippen molar-refractivity contribution in [3.05, 3.63) is 60.0 Å². The van der Waals surface area contributed by atoms with Crippen LogP contribution in [0.5, 0.6) is 5.75 Å². The molecular weight excluding hydrogens is 304 g/mol. The van der Waals surface area contributed by atoms with Crippen molar-refractivity contribution in [2.75, 3.05) is 19.7 Å². The fraction of sp³-hybridized carbons (Fsp3) is 0.333. The molecule has 0 aliphatic heterocycles. The molecule has 0 unspecified atom stereocenters. The van der Waals surface area contributed by atoms with Crippen LogP contribution in [-0.2, 0) is 6.42 Å². The minimum Gasteiger partial charge on any atom is -0.491 e. The predicted molar refractivity (Wildman–Crippen MR) is 92.2 cm³/mol. The van der Waals surface area contributed by atoms with Crippen LogP contribution >= 0.6 is 0 Å². The van der Waals surface area contributed by atoms with Crippen molar-refractivity contribution in [2.24, 2.45) is 0 Å². The number of nitrogens with one attached hydrogen (secondary N) is 1. The van der Waals surface area contributed by atoms with Crippen molar-refractivity contribution >= 4 is 5.65 Å². The first-order valence-corrected chi connectivity index (χ1v) is 8.09. The molecule has 0 aliphatic carbocycles. The van der Waals surface area contributed by atoms with Crippen LogP contribution in [-0.4, -0.2) is 45.5 Å². The topological polar surface area (TPSA) is 71.7 Å². The normalized spacial score (nSPS) is 12.4. The molecule has 24 heavy (non-hydrogen) atoms. The third-order valence-corrected chi connectivity index (χ3v) is 3.72. The fourth-order valence-electron chi connectivity index (χ4n) is 2.49. The number of fused-ring (bicyclic) bond motifs is 1. The van der Waals surface area contributed by atoms with Gasteiger partial charge in [0.05, 0.1) is 0 Å². The number of benzene rings is 1. The summed E-state index contributed by atoms with van der Waals surface area (Å²) in [5, 5.41) is 21.5. The third-order valence-electron chi connectivity index (χ3n) is 3.72. The Balaban J connectivity index is 1.38. The second-order valence-electron chi connectivity index (χ2n) is 5.78. The van der Waals surface area contributed by atoms with Crippen molar-refractivity contribution in [1.82, 2.24) is 19.9 Å². The van der Waals surface area contributed by atoms with Gasteiger partial charge in [0.15, 0.2) is 5.65 Å². The van der Waals surface area contributed by atoms with E-state index in [1.807, 2.05) is 60.0 Å². The van der Waals surface area contributed by atoms with E-state index in [1.54, 1.807) is 0 Å². The molecule has 0 bridgehead atoms. The standard InChI is InChI=1S/C18H22N4O2/c1-14-5-4-6-16(11-14)24-13-15(23)12-19-9-8-18-21-20-17-7-2-3-10-22(17)18/h2-7,10-11,15,19,23H,8-9,12-13H2,1H3/t15-/m0/s1. The third kappa shape index (κ3) is 4.31. The molecule has 2 N–H and O–H groups in total. The minimum atomic E-state index is -0.555. The van der Waals surface area contributed by atoms with Crippen LogP contribution in [0.1, 0.15) is 11.4 Å². The van der Waals surface area contributed by atoms with Crippen molar-refractivity contribution in [2.45, 2.75) is 19.4 Å². The average molecular weight is 326 g/mol. The molecule has 6 nitrogen and oxygen atoms in total. The molecule has 0 radical (unpaired) electrons. The van der Waals surface area contributed by atoms with E-state index in [1.165, 1.54) is 0 Å². The van der Waals surface area contributed by atoms with Gasteiger partial charge in [-0.15, -0.1) is 10.2 Å². The zero-order chi connectivity index (χ0) is 16.8. The largest absolute Gasteiger partial charge is 0.491 e. The lowest BCUT2D eigenvalue weighted by atomic mass is 10.2. The monoisotopic (exact) mass is 326 g/mol. The van der Waals surface area contributed by atoms with Gasteiger partial charge in [-0.25, -0.2) is 0 Å². The maximum absolute atomic E-state index is 9.99. The Morgan fingerprint density at radius 3 is 3.00 bits per heavy atom. The number of aliphatic hydroxyl groups excluding tert-OH is 1. The lowest BCUT2D eigenvalue weighted by Gasteiger charge is -2.13. The number of aromatic nitrogens is 3. The van der Waals surface area contributed by atoms with Crippen molar-refractivity contribution in [3.8, 4) is 5.75 Å². The molecule has 1 atom stereocenters. The molecule has 0 spiro atoms. The highest BCUT2D eigenvalue weighted by Gasteiger charge is 2.07. The molecule has 126 valence electrons. The minimum absolute atomic E-state index is 0.268. The van der Waals surface area contributed by atoms with Crippen LogP contribution in [0.4, 0.5) is 0 Å². The van der Waals surface area contributed by atoms with Gasteiger partial charge in [-0.2, -0.15) is 0 Å². The first kappa shape index (κ1) is 16.4. The van der Waals surface area contributed by atoms with Gasteiger partial charge in [-0.05, 0) is 36.8 Å². The molecular formula is C18H22N4O2. The van der Waals surface area contributed by atoms with Crippen LogP contribution < -0.4 is 10.1 Å². The second-order valence-corrected chi connectivity index (χ2v) is 5.78. The summed E-state index contributed by atoms with van der Waals surface area (Å²) in [5.74, 6) is 1.69. The number of rotatable bonds is 8.